The summed E-state index contributed by atoms with van der Waals surface area (Å²) in [6.45, 7) is 4.64. The normalized spacial score (nSPS) is 16.0. The number of aromatic nitrogens is 5. The van der Waals surface area contributed by atoms with E-state index in [2.05, 4.69) is 189 Å². The maximum absolute atomic E-state index is 2.64. The molecule has 7 heterocycles. The summed E-state index contributed by atoms with van der Waals surface area (Å²) < 4.78 is 12.8. The van der Waals surface area contributed by atoms with Crippen LogP contribution >= 0.6 is 0 Å². The molecule has 6 aromatic carbocycles. The molecule has 0 N–H and O–H groups in total. The van der Waals surface area contributed by atoms with Gasteiger partial charge >= 0.3 is 11.3 Å². The lowest BCUT2D eigenvalue weighted by Gasteiger charge is -2.33. The Morgan fingerprint density at radius 2 is 1.12 bits per heavy atom. The number of hydrogen-bond donors (Lipinski definition) is 0. The van der Waals surface area contributed by atoms with Crippen molar-refractivity contribution in [2.24, 2.45) is 0 Å². The van der Waals surface area contributed by atoms with Gasteiger partial charge in [-0.1, -0.05) is 95.7 Å². The number of hydrogen-bond acceptors (Lipinski definition) is 0. The molecular formula is C47H31N5+2. The van der Waals surface area contributed by atoms with E-state index in [1.165, 1.54) is 106 Å². The van der Waals surface area contributed by atoms with Crippen LogP contribution < -0.4 is 9.25 Å². The summed E-state index contributed by atoms with van der Waals surface area (Å²) in [5, 5.41) is 5.11. The molecule has 242 valence electrons. The predicted octanol–water partition coefficient (Wildman–Crippen LogP) is 9.44. The summed E-state index contributed by atoms with van der Waals surface area (Å²) in [7, 11) is 0. The fourth-order valence-corrected chi connectivity index (χ4v) is 10.5. The lowest BCUT2D eigenvalue weighted by Crippen LogP contribution is -2.77. The Morgan fingerprint density at radius 3 is 1.92 bits per heavy atom. The average Bonchev–Trinajstić information content (AvgIpc) is 3.90. The van der Waals surface area contributed by atoms with Gasteiger partial charge in [-0.2, -0.15) is 9.13 Å². The third kappa shape index (κ3) is 2.80. The average molecular weight is 666 g/mol. The Hall–Kier alpha value is -6.72. The van der Waals surface area contributed by atoms with Gasteiger partial charge in [0.05, 0.1) is 39.6 Å². The molecule has 1 atom stereocenters. The molecule has 0 saturated heterocycles. The van der Waals surface area contributed by atoms with E-state index in [-0.39, 0.29) is 0 Å². The third-order valence-corrected chi connectivity index (χ3v) is 12.4. The maximum atomic E-state index is 2.64. The van der Waals surface area contributed by atoms with Gasteiger partial charge in [0, 0.05) is 23.1 Å². The second-order valence-corrected chi connectivity index (χ2v) is 14.6. The Bertz CT molecular complexity index is 3250. The number of para-hydroxylation sites is 2. The third-order valence-electron chi connectivity index (χ3n) is 12.4. The van der Waals surface area contributed by atoms with Gasteiger partial charge < -0.3 is 4.57 Å². The summed E-state index contributed by atoms with van der Waals surface area (Å²) in [6.07, 6.45) is 2.33. The minimum absolute atomic E-state index is 0.674. The molecule has 0 bridgehead atoms. The van der Waals surface area contributed by atoms with Gasteiger partial charge in [0.1, 0.15) is 22.3 Å². The van der Waals surface area contributed by atoms with Crippen molar-refractivity contribution < 1.29 is 9.25 Å². The SMILES string of the molecule is Cc1c(-c2ccc(-c3ccccc3)cc2)c(C)[n+]2n1-c1cccc3c1C21c2c(ccc4c5ccccc5n-3c24)-n2c3ccccc3c3ccc[n+]1c32. The van der Waals surface area contributed by atoms with Gasteiger partial charge in [0.2, 0.25) is 5.69 Å². The largest absolute Gasteiger partial charge is 0.394 e. The second-order valence-electron chi connectivity index (χ2n) is 14.6. The van der Waals surface area contributed by atoms with E-state index < -0.39 is 5.66 Å². The fourth-order valence-electron chi connectivity index (χ4n) is 10.5. The van der Waals surface area contributed by atoms with E-state index in [0.29, 0.717) is 0 Å². The predicted molar refractivity (Wildman–Crippen MR) is 207 cm³/mol. The first kappa shape index (κ1) is 27.1. The van der Waals surface area contributed by atoms with Crippen LogP contribution in [0.25, 0.3) is 83.1 Å². The summed E-state index contributed by atoms with van der Waals surface area (Å²) in [4.78, 5) is 0. The Labute approximate surface area is 299 Å². The number of fused-ring (bicyclic) bond motifs is 10. The van der Waals surface area contributed by atoms with Crippen LogP contribution in [0.1, 0.15) is 22.5 Å². The molecule has 3 aliphatic heterocycles. The summed E-state index contributed by atoms with van der Waals surface area (Å²) >= 11 is 0. The molecule has 0 fully saturated rings. The van der Waals surface area contributed by atoms with E-state index in [1.54, 1.807) is 0 Å². The van der Waals surface area contributed by atoms with Crippen LogP contribution in [0.4, 0.5) is 0 Å². The lowest BCUT2D eigenvalue weighted by atomic mass is 9.82. The highest BCUT2D eigenvalue weighted by molar-refractivity contribution is 6.14. The minimum atomic E-state index is -0.674. The molecule has 5 heteroatoms. The highest BCUT2D eigenvalue weighted by Gasteiger charge is 2.69. The molecule has 1 spiro atoms. The number of rotatable bonds is 2. The Kier molecular flexibility index (Phi) is 4.66. The monoisotopic (exact) mass is 665 g/mol. The lowest BCUT2D eigenvalue weighted by molar-refractivity contribution is -0.989. The first-order valence-electron chi connectivity index (χ1n) is 18.1. The van der Waals surface area contributed by atoms with Crippen LogP contribution in [0.15, 0.2) is 152 Å². The van der Waals surface area contributed by atoms with Crippen molar-refractivity contribution in [3.63, 3.8) is 0 Å². The van der Waals surface area contributed by atoms with Crippen molar-refractivity contribution >= 4 is 43.7 Å². The van der Waals surface area contributed by atoms with Crippen LogP contribution in [0.5, 0.6) is 0 Å². The molecule has 0 saturated carbocycles. The van der Waals surface area contributed by atoms with Gasteiger partial charge in [0.25, 0.3) is 0 Å². The van der Waals surface area contributed by atoms with E-state index in [4.69, 9.17) is 0 Å². The molecular weight excluding hydrogens is 635 g/mol. The van der Waals surface area contributed by atoms with Crippen LogP contribution in [-0.4, -0.2) is 13.8 Å². The summed E-state index contributed by atoms with van der Waals surface area (Å²) in [6, 6.07) is 53.9. The van der Waals surface area contributed by atoms with Crippen molar-refractivity contribution in [1.82, 2.24) is 13.8 Å². The maximum Gasteiger partial charge on any atom is 0.394 e. The molecule has 0 aliphatic carbocycles. The van der Waals surface area contributed by atoms with Crippen LogP contribution in [0.2, 0.25) is 0 Å². The molecule has 13 rings (SSSR count). The molecule has 10 aromatic rings. The van der Waals surface area contributed by atoms with Gasteiger partial charge in [-0.05, 0) is 78.2 Å². The first-order chi connectivity index (χ1) is 25.7. The molecule has 5 nitrogen and oxygen atoms in total. The molecule has 1 unspecified atom stereocenters. The fraction of sp³-hybridized carbons (Fsp3) is 0.0638. The molecule has 0 radical (unpaired) electrons. The molecule has 4 aromatic heterocycles. The number of benzene rings is 6. The van der Waals surface area contributed by atoms with Crippen molar-refractivity contribution in [3.8, 4) is 39.3 Å². The smallest absolute Gasteiger partial charge is 0.307 e. The Balaban J connectivity index is 1.24. The zero-order valence-corrected chi connectivity index (χ0v) is 28.7. The van der Waals surface area contributed by atoms with E-state index in [0.717, 1.165) is 0 Å². The highest BCUT2D eigenvalue weighted by atomic mass is 15.5. The quantitative estimate of drug-likeness (QED) is 0.164. The number of nitrogens with zero attached hydrogens (tertiary/aromatic N) is 5. The van der Waals surface area contributed by atoms with Gasteiger partial charge in [-0.3, -0.25) is 0 Å². The van der Waals surface area contributed by atoms with Crippen molar-refractivity contribution in [3.05, 3.63) is 174 Å². The van der Waals surface area contributed by atoms with Crippen molar-refractivity contribution in [2.45, 2.75) is 19.5 Å². The van der Waals surface area contributed by atoms with E-state index in [1.807, 2.05) is 0 Å². The van der Waals surface area contributed by atoms with Gasteiger partial charge in [-0.25, -0.2) is 0 Å². The van der Waals surface area contributed by atoms with Crippen LogP contribution in [-0.2, 0) is 5.66 Å². The van der Waals surface area contributed by atoms with Crippen LogP contribution in [0, 0.1) is 13.8 Å². The Morgan fingerprint density at radius 1 is 0.481 bits per heavy atom. The van der Waals surface area contributed by atoms with Gasteiger partial charge in [-0.15, -0.1) is 4.68 Å². The number of pyridine rings is 1. The zero-order chi connectivity index (χ0) is 34.0. The second kappa shape index (κ2) is 8.95. The topological polar surface area (TPSA) is 22.5 Å². The van der Waals surface area contributed by atoms with Crippen molar-refractivity contribution in [1.29, 1.82) is 0 Å². The molecule has 3 aliphatic rings. The van der Waals surface area contributed by atoms with E-state index in [9.17, 15) is 0 Å². The first-order valence-corrected chi connectivity index (χ1v) is 18.1. The summed E-state index contributed by atoms with van der Waals surface area (Å²) in [5.74, 6) is 0. The summed E-state index contributed by atoms with van der Waals surface area (Å²) in [5.41, 5.74) is 18.1. The van der Waals surface area contributed by atoms with Gasteiger partial charge in [0.15, 0.2) is 5.69 Å². The van der Waals surface area contributed by atoms with Crippen molar-refractivity contribution in [2.75, 3.05) is 0 Å². The minimum Gasteiger partial charge on any atom is -0.307 e. The highest BCUT2D eigenvalue weighted by Crippen LogP contribution is 2.54. The zero-order valence-electron chi connectivity index (χ0n) is 28.7. The van der Waals surface area contributed by atoms with E-state index >= 15 is 0 Å². The molecule has 0 amide bonds. The van der Waals surface area contributed by atoms with Crippen LogP contribution in [0.3, 0.4) is 0 Å². The molecule has 52 heavy (non-hydrogen) atoms. The standard InChI is InChI=1S/C47H31N5/c1-28-42(32-23-21-31(22-24-32)30-12-4-3-5-13-30)29(2)52-47-43-39(19-10-20-41(43)51(28)52)49-37-17-8-6-14-33(37)35-25-26-40(44(47)45(35)49)50-38-18-9-7-15-34(38)36-16-11-27-48(47)46(36)50/h3-27H,1-2H3/q+2.